The summed E-state index contributed by atoms with van der Waals surface area (Å²) in [7, 11) is 1.31. The summed E-state index contributed by atoms with van der Waals surface area (Å²) in [5.41, 5.74) is 3.49. The van der Waals surface area contributed by atoms with Crippen LogP contribution >= 0.6 is 0 Å². The van der Waals surface area contributed by atoms with Crippen LogP contribution < -0.4 is 4.74 Å². The number of ether oxygens (including phenoxy) is 2. The minimum absolute atomic E-state index is 0.157. The number of carbonyl (C=O) groups excluding carboxylic acids is 2. The molecule has 6 heteroatoms. The molecule has 1 N–H and O–H groups in total. The summed E-state index contributed by atoms with van der Waals surface area (Å²) >= 11 is 0. The molecule has 0 aliphatic heterocycles. The fourth-order valence-electron chi connectivity index (χ4n) is 2.99. The molecule has 3 rings (SSSR count). The van der Waals surface area contributed by atoms with Gasteiger partial charge in [0.15, 0.2) is 6.61 Å². The van der Waals surface area contributed by atoms with Crippen molar-refractivity contribution in [1.29, 1.82) is 0 Å². The molecule has 0 saturated carbocycles. The monoisotopic (exact) mass is 352 g/mol. The molecule has 26 heavy (non-hydrogen) atoms. The van der Waals surface area contributed by atoms with Crippen LogP contribution in [0.4, 0.5) is 0 Å². The van der Waals surface area contributed by atoms with Crippen LogP contribution in [-0.4, -0.2) is 35.4 Å². The minimum atomic E-state index is -0.468. The summed E-state index contributed by atoms with van der Waals surface area (Å²) in [5.74, 6) is -0.163. The summed E-state index contributed by atoms with van der Waals surface area (Å²) in [6, 6.07) is 9.48. The number of hydrogen-bond acceptors (Lipinski definition) is 5. The maximum atomic E-state index is 12.6. The number of pyridine rings is 1. The Morgan fingerprint density at radius 3 is 2.62 bits per heavy atom. The first-order chi connectivity index (χ1) is 12.4. The van der Waals surface area contributed by atoms with Gasteiger partial charge in [0.25, 0.3) is 0 Å². The van der Waals surface area contributed by atoms with E-state index in [1.807, 2.05) is 31.2 Å². The number of carbonyl (C=O) groups is 2. The van der Waals surface area contributed by atoms with E-state index in [0.717, 1.165) is 16.6 Å². The maximum Gasteiger partial charge on any atom is 0.339 e. The third-order valence-corrected chi connectivity index (χ3v) is 4.29. The van der Waals surface area contributed by atoms with Gasteiger partial charge in [-0.3, -0.25) is 4.79 Å². The van der Waals surface area contributed by atoms with E-state index in [0.29, 0.717) is 28.3 Å². The summed E-state index contributed by atoms with van der Waals surface area (Å²) in [6.45, 7) is 5.19. The van der Waals surface area contributed by atoms with Crippen LogP contribution in [0.15, 0.2) is 30.3 Å². The van der Waals surface area contributed by atoms with Crippen LogP contribution in [-0.2, 0) is 4.74 Å². The fraction of sp³-hybridized carbons (Fsp3) is 0.250. The number of nitrogens with one attached hydrogen (secondary N) is 1. The number of ketones is 1. The number of esters is 1. The average molecular weight is 352 g/mol. The maximum absolute atomic E-state index is 12.6. The number of aromatic amines is 1. The Bertz CT molecular complexity index is 1000. The van der Waals surface area contributed by atoms with Crippen LogP contribution in [0.5, 0.6) is 5.75 Å². The lowest BCUT2D eigenvalue weighted by Gasteiger charge is -2.09. The summed E-state index contributed by atoms with van der Waals surface area (Å²) in [5, 5.41) is 0.945. The second-order valence-corrected chi connectivity index (χ2v) is 6.11. The fourth-order valence-corrected chi connectivity index (χ4v) is 2.99. The molecule has 134 valence electrons. The number of fused-ring (bicyclic) bond motifs is 1. The summed E-state index contributed by atoms with van der Waals surface area (Å²) in [6.07, 6.45) is 0. The van der Waals surface area contributed by atoms with Crippen molar-refractivity contribution in [3.05, 3.63) is 58.5 Å². The zero-order chi connectivity index (χ0) is 18.8. The smallest absolute Gasteiger partial charge is 0.339 e. The van der Waals surface area contributed by atoms with E-state index < -0.39 is 5.97 Å². The summed E-state index contributed by atoms with van der Waals surface area (Å²) < 4.78 is 10.5. The molecule has 6 nitrogen and oxygen atoms in total. The highest BCUT2D eigenvalue weighted by Crippen LogP contribution is 2.25. The molecular weight excluding hydrogens is 332 g/mol. The van der Waals surface area contributed by atoms with Crippen LogP contribution in [0.25, 0.3) is 10.9 Å². The first-order valence-corrected chi connectivity index (χ1v) is 8.22. The lowest BCUT2D eigenvalue weighted by molar-refractivity contribution is 0.0599. The van der Waals surface area contributed by atoms with E-state index in [4.69, 9.17) is 9.47 Å². The molecule has 0 atom stereocenters. The highest BCUT2D eigenvalue weighted by molar-refractivity contribution is 6.02. The van der Waals surface area contributed by atoms with Gasteiger partial charge >= 0.3 is 5.97 Å². The van der Waals surface area contributed by atoms with E-state index in [2.05, 4.69) is 9.97 Å². The molecule has 0 aliphatic rings. The van der Waals surface area contributed by atoms with Crippen molar-refractivity contribution in [1.82, 2.24) is 9.97 Å². The molecule has 2 aromatic heterocycles. The number of aryl methyl sites for hydroxylation is 2. The molecule has 0 spiro atoms. The number of nitrogens with zero attached hydrogens (tertiary/aromatic N) is 1. The number of para-hydroxylation sites is 1. The largest absolute Gasteiger partial charge is 0.483 e. The number of aromatic nitrogens is 2. The molecule has 0 bridgehead atoms. The average Bonchev–Trinajstić information content (AvgIpc) is 2.93. The summed E-state index contributed by atoms with van der Waals surface area (Å²) in [4.78, 5) is 31.9. The van der Waals surface area contributed by atoms with Crippen LogP contribution in [0.2, 0.25) is 0 Å². The van der Waals surface area contributed by atoms with Crippen molar-refractivity contribution < 1.29 is 19.1 Å². The van der Waals surface area contributed by atoms with Gasteiger partial charge in [-0.05, 0) is 38.5 Å². The molecule has 2 heterocycles. The van der Waals surface area contributed by atoms with Crippen molar-refractivity contribution in [2.24, 2.45) is 0 Å². The molecule has 0 fully saturated rings. The van der Waals surface area contributed by atoms with E-state index in [-0.39, 0.29) is 12.4 Å². The van der Waals surface area contributed by atoms with Gasteiger partial charge in [0.1, 0.15) is 11.3 Å². The molecular formula is C20H20N2O4. The zero-order valence-electron chi connectivity index (χ0n) is 15.2. The number of methoxy groups -OCH3 is 1. The predicted molar refractivity (Wildman–Crippen MR) is 97.9 cm³/mol. The highest BCUT2D eigenvalue weighted by atomic mass is 16.5. The molecule has 0 amide bonds. The third kappa shape index (κ3) is 3.18. The van der Waals surface area contributed by atoms with Gasteiger partial charge in [-0.25, -0.2) is 9.78 Å². The molecule has 0 radical (unpaired) electrons. The lowest BCUT2D eigenvalue weighted by atomic mass is 10.1. The molecule has 1 aromatic carbocycles. The third-order valence-electron chi connectivity index (χ3n) is 4.29. The SMILES string of the molecule is COC(=O)c1c(C)[nH]c(C(=O)COc2cccc3ccc(C)nc23)c1C. The number of H-pyrrole nitrogens is 1. The van der Waals surface area contributed by atoms with Crippen molar-refractivity contribution in [3.63, 3.8) is 0 Å². The van der Waals surface area contributed by atoms with Crippen molar-refractivity contribution in [3.8, 4) is 5.75 Å². The Kier molecular flexibility index (Phi) is 4.75. The van der Waals surface area contributed by atoms with Gasteiger partial charge in [0.05, 0.1) is 18.4 Å². The van der Waals surface area contributed by atoms with E-state index in [1.165, 1.54) is 7.11 Å². The highest BCUT2D eigenvalue weighted by Gasteiger charge is 2.22. The topological polar surface area (TPSA) is 81.3 Å². The normalized spacial score (nSPS) is 10.8. The number of hydrogen-bond donors (Lipinski definition) is 1. The standard InChI is InChI=1S/C20H20N2O4/c1-11-8-9-14-6-5-7-16(19(14)21-11)26-10-15(23)18-12(2)17(13(3)22-18)20(24)25-4/h5-9,22H,10H2,1-4H3. The zero-order valence-corrected chi connectivity index (χ0v) is 15.2. The second-order valence-electron chi connectivity index (χ2n) is 6.11. The van der Waals surface area contributed by atoms with Gasteiger partial charge in [0, 0.05) is 16.8 Å². The van der Waals surface area contributed by atoms with Crippen LogP contribution in [0, 0.1) is 20.8 Å². The van der Waals surface area contributed by atoms with Crippen LogP contribution in [0.1, 0.15) is 37.8 Å². The lowest BCUT2D eigenvalue weighted by Crippen LogP contribution is -2.14. The Labute approximate surface area is 151 Å². The second kappa shape index (κ2) is 7.00. The molecule has 0 aliphatic carbocycles. The molecule has 0 unspecified atom stereocenters. The van der Waals surface area contributed by atoms with Gasteiger partial charge in [0.2, 0.25) is 5.78 Å². The minimum Gasteiger partial charge on any atom is -0.483 e. The Morgan fingerprint density at radius 2 is 1.88 bits per heavy atom. The number of Topliss-reactive ketones (excluding diaryl/α,β-unsaturated/α-hetero) is 1. The van der Waals surface area contributed by atoms with Crippen molar-refractivity contribution >= 4 is 22.7 Å². The predicted octanol–water partition coefficient (Wildman–Crippen LogP) is 3.54. The van der Waals surface area contributed by atoms with Gasteiger partial charge in [-0.1, -0.05) is 18.2 Å². The molecule has 0 saturated heterocycles. The van der Waals surface area contributed by atoms with E-state index in [9.17, 15) is 9.59 Å². The van der Waals surface area contributed by atoms with Gasteiger partial charge in [-0.2, -0.15) is 0 Å². The Morgan fingerprint density at radius 1 is 1.12 bits per heavy atom. The van der Waals surface area contributed by atoms with Gasteiger partial charge in [-0.15, -0.1) is 0 Å². The van der Waals surface area contributed by atoms with Crippen molar-refractivity contribution in [2.45, 2.75) is 20.8 Å². The quantitative estimate of drug-likeness (QED) is 0.561. The number of benzene rings is 1. The number of rotatable bonds is 5. The van der Waals surface area contributed by atoms with Gasteiger partial charge < -0.3 is 14.5 Å². The Hall–Kier alpha value is -3.15. The van der Waals surface area contributed by atoms with E-state index >= 15 is 0 Å². The van der Waals surface area contributed by atoms with Crippen molar-refractivity contribution in [2.75, 3.05) is 13.7 Å². The van der Waals surface area contributed by atoms with E-state index in [1.54, 1.807) is 19.9 Å². The first-order valence-electron chi connectivity index (χ1n) is 8.22. The van der Waals surface area contributed by atoms with Crippen LogP contribution in [0.3, 0.4) is 0 Å². The molecule has 3 aromatic rings. The Balaban J connectivity index is 1.84. The first kappa shape index (κ1) is 17.7.